The number of benzene rings is 1. The van der Waals surface area contributed by atoms with Crippen molar-refractivity contribution >= 4 is 17.5 Å². The summed E-state index contributed by atoms with van der Waals surface area (Å²) in [4.78, 5) is 37.5. The van der Waals surface area contributed by atoms with Gasteiger partial charge in [0.15, 0.2) is 0 Å². The van der Waals surface area contributed by atoms with E-state index < -0.39 is 28.9 Å². The first-order chi connectivity index (χ1) is 14.7. The van der Waals surface area contributed by atoms with Gasteiger partial charge in [0, 0.05) is 13.7 Å². The number of aromatic nitrogens is 3. The van der Waals surface area contributed by atoms with E-state index in [2.05, 4.69) is 10.4 Å². The van der Waals surface area contributed by atoms with E-state index in [0.29, 0.717) is 12.8 Å². The Morgan fingerprint density at radius 3 is 2.74 bits per heavy atom. The minimum Gasteiger partial charge on any atom is -0.389 e. The summed E-state index contributed by atoms with van der Waals surface area (Å²) in [5, 5.41) is 27.0. The van der Waals surface area contributed by atoms with E-state index in [0.717, 1.165) is 28.3 Å². The Kier molecular flexibility index (Phi) is 7.26. The highest BCUT2D eigenvalue weighted by Gasteiger charge is 2.31. The van der Waals surface area contributed by atoms with Crippen molar-refractivity contribution in [2.24, 2.45) is 0 Å². The van der Waals surface area contributed by atoms with Gasteiger partial charge in [-0.15, -0.1) is 0 Å². The summed E-state index contributed by atoms with van der Waals surface area (Å²) in [6, 6.07) is 4.31. The van der Waals surface area contributed by atoms with E-state index in [1.54, 1.807) is 0 Å². The minimum atomic E-state index is -1.06. The van der Waals surface area contributed by atoms with Crippen LogP contribution in [0.2, 0.25) is 5.02 Å². The summed E-state index contributed by atoms with van der Waals surface area (Å²) in [6.07, 6.45) is 2.95. The SMILES string of the molecule is COC[C@@H](O)Cn1c(=O)cnn(-c2ccc(Cl)c(C(=O)NCC3(O)CCCC3)c2)c1=O. The molecule has 0 spiro atoms. The fraction of sp³-hybridized carbons (Fsp3) is 0.500. The number of hydrogen-bond acceptors (Lipinski definition) is 7. The molecule has 1 atom stereocenters. The summed E-state index contributed by atoms with van der Waals surface area (Å²) in [5.74, 6) is -0.496. The lowest BCUT2D eigenvalue weighted by Crippen LogP contribution is -2.43. The Balaban J connectivity index is 1.88. The van der Waals surface area contributed by atoms with Gasteiger partial charge in [0.25, 0.3) is 11.5 Å². The second-order valence-corrected chi connectivity index (χ2v) is 8.08. The molecule has 1 amide bonds. The molecule has 0 unspecified atom stereocenters. The van der Waals surface area contributed by atoms with Crippen LogP contribution in [0.1, 0.15) is 36.0 Å². The number of rotatable bonds is 8. The summed E-state index contributed by atoms with van der Waals surface area (Å²) in [5.41, 5.74) is -2.05. The quantitative estimate of drug-likeness (QED) is 0.516. The van der Waals surface area contributed by atoms with Crippen LogP contribution in [0.4, 0.5) is 0 Å². The van der Waals surface area contributed by atoms with Crippen molar-refractivity contribution in [3.63, 3.8) is 0 Å². The molecule has 3 N–H and O–H groups in total. The molecule has 1 aromatic heterocycles. The zero-order valence-electron chi connectivity index (χ0n) is 17.1. The van der Waals surface area contributed by atoms with Crippen LogP contribution < -0.4 is 16.6 Å². The third kappa shape index (κ3) is 5.40. The number of ether oxygens (including phenoxy) is 1. The monoisotopic (exact) mass is 452 g/mol. The Hall–Kier alpha value is -2.53. The Bertz CT molecular complexity index is 1060. The highest BCUT2D eigenvalue weighted by molar-refractivity contribution is 6.33. The molecule has 0 aliphatic heterocycles. The first kappa shape index (κ1) is 23.1. The zero-order chi connectivity index (χ0) is 22.6. The fourth-order valence-electron chi connectivity index (χ4n) is 3.60. The molecular weight excluding hydrogens is 428 g/mol. The molecule has 3 rings (SSSR count). The van der Waals surface area contributed by atoms with Crippen LogP contribution in [0.15, 0.2) is 34.0 Å². The van der Waals surface area contributed by atoms with Crippen molar-refractivity contribution in [2.75, 3.05) is 20.3 Å². The van der Waals surface area contributed by atoms with Gasteiger partial charge in [-0.3, -0.25) is 14.2 Å². The van der Waals surface area contributed by atoms with Crippen molar-refractivity contribution < 1.29 is 19.7 Å². The average molecular weight is 453 g/mol. The molecule has 1 aliphatic rings. The smallest absolute Gasteiger partial charge is 0.352 e. The molecule has 0 saturated heterocycles. The van der Waals surface area contributed by atoms with E-state index in [1.165, 1.54) is 25.3 Å². The second kappa shape index (κ2) is 9.73. The highest BCUT2D eigenvalue weighted by atomic mass is 35.5. The number of aliphatic hydroxyl groups is 2. The molecule has 2 aromatic rings. The van der Waals surface area contributed by atoms with Crippen LogP contribution in [0.5, 0.6) is 0 Å². The van der Waals surface area contributed by atoms with Crippen molar-refractivity contribution in [1.29, 1.82) is 0 Å². The molecule has 1 heterocycles. The van der Waals surface area contributed by atoms with Crippen molar-refractivity contribution in [3.05, 3.63) is 55.8 Å². The maximum Gasteiger partial charge on any atom is 0.352 e. The number of nitrogens with zero attached hydrogens (tertiary/aromatic N) is 3. The first-order valence-corrected chi connectivity index (χ1v) is 10.3. The molecule has 168 valence electrons. The number of nitrogens with one attached hydrogen (secondary N) is 1. The standard InChI is InChI=1S/C20H25ClN4O6/c1-31-11-14(26)10-24-17(27)9-23-25(19(24)29)13-4-5-16(21)15(8-13)18(28)22-12-20(30)6-2-3-7-20/h4-5,8-9,14,26,30H,2-3,6-7,10-12H2,1H3,(H,22,28)/t14-/m0/s1. The van der Waals surface area contributed by atoms with Crippen LogP contribution in [-0.2, 0) is 11.3 Å². The number of carbonyl (C=O) groups is 1. The number of carbonyl (C=O) groups excluding carboxylic acids is 1. The topological polar surface area (TPSA) is 136 Å². The zero-order valence-corrected chi connectivity index (χ0v) is 17.8. The van der Waals surface area contributed by atoms with Gasteiger partial charge >= 0.3 is 5.69 Å². The van der Waals surface area contributed by atoms with E-state index in [9.17, 15) is 24.6 Å². The lowest BCUT2D eigenvalue weighted by Gasteiger charge is -2.22. The maximum absolute atomic E-state index is 12.8. The first-order valence-electron chi connectivity index (χ1n) is 9.91. The van der Waals surface area contributed by atoms with Gasteiger partial charge in [0.2, 0.25) is 0 Å². The third-order valence-electron chi connectivity index (χ3n) is 5.27. The van der Waals surface area contributed by atoms with Crippen molar-refractivity contribution in [2.45, 2.75) is 43.9 Å². The van der Waals surface area contributed by atoms with Crippen molar-refractivity contribution in [1.82, 2.24) is 19.7 Å². The van der Waals surface area contributed by atoms with Crippen LogP contribution in [0.3, 0.4) is 0 Å². The molecule has 0 radical (unpaired) electrons. The lowest BCUT2D eigenvalue weighted by atomic mass is 10.0. The minimum absolute atomic E-state index is 0.0498. The van der Waals surface area contributed by atoms with Gasteiger partial charge in [0.1, 0.15) is 6.20 Å². The predicted molar refractivity (Wildman–Crippen MR) is 113 cm³/mol. The number of aliphatic hydroxyl groups excluding tert-OH is 1. The predicted octanol–water partition coefficient (Wildman–Crippen LogP) is 0.0898. The van der Waals surface area contributed by atoms with Gasteiger partial charge in [-0.1, -0.05) is 24.4 Å². The molecular formula is C20H25ClN4O6. The number of methoxy groups -OCH3 is 1. The molecule has 10 nitrogen and oxygen atoms in total. The normalized spacial score (nSPS) is 16.3. The van der Waals surface area contributed by atoms with Gasteiger partial charge in [-0.05, 0) is 31.0 Å². The van der Waals surface area contributed by atoms with Gasteiger partial charge in [0.05, 0.1) is 41.1 Å². The maximum atomic E-state index is 12.8. The largest absolute Gasteiger partial charge is 0.389 e. The van der Waals surface area contributed by atoms with Gasteiger partial charge < -0.3 is 20.3 Å². The second-order valence-electron chi connectivity index (χ2n) is 7.68. The van der Waals surface area contributed by atoms with Crippen LogP contribution in [0, 0.1) is 0 Å². The van der Waals surface area contributed by atoms with E-state index >= 15 is 0 Å². The molecule has 11 heteroatoms. The Morgan fingerprint density at radius 1 is 1.35 bits per heavy atom. The van der Waals surface area contributed by atoms with E-state index in [4.69, 9.17) is 16.3 Å². The highest BCUT2D eigenvalue weighted by Crippen LogP contribution is 2.29. The molecule has 0 bridgehead atoms. The summed E-state index contributed by atoms with van der Waals surface area (Å²) < 4.78 is 6.60. The van der Waals surface area contributed by atoms with E-state index in [1.807, 2.05) is 0 Å². The number of hydrogen-bond donors (Lipinski definition) is 3. The number of amides is 1. The van der Waals surface area contributed by atoms with Gasteiger partial charge in [-0.25, -0.2) is 4.79 Å². The van der Waals surface area contributed by atoms with Crippen LogP contribution in [-0.4, -0.2) is 62.4 Å². The molecule has 1 aromatic carbocycles. The van der Waals surface area contributed by atoms with Crippen LogP contribution in [0.25, 0.3) is 5.69 Å². The Labute approximate surface area is 183 Å². The third-order valence-corrected chi connectivity index (χ3v) is 5.60. The number of halogens is 1. The summed E-state index contributed by atoms with van der Waals surface area (Å²) in [7, 11) is 1.39. The summed E-state index contributed by atoms with van der Waals surface area (Å²) in [6.45, 7) is -0.216. The lowest BCUT2D eigenvalue weighted by molar-refractivity contribution is 0.0449. The van der Waals surface area contributed by atoms with Crippen molar-refractivity contribution in [3.8, 4) is 5.69 Å². The molecule has 1 aliphatic carbocycles. The summed E-state index contributed by atoms with van der Waals surface area (Å²) >= 11 is 6.18. The van der Waals surface area contributed by atoms with Gasteiger partial charge in [-0.2, -0.15) is 9.78 Å². The molecule has 31 heavy (non-hydrogen) atoms. The Morgan fingerprint density at radius 2 is 2.06 bits per heavy atom. The molecule has 1 fully saturated rings. The van der Waals surface area contributed by atoms with E-state index in [-0.39, 0.29) is 36.0 Å². The fourth-order valence-corrected chi connectivity index (χ4v) is 3.81. The molecule has 1 saturated carbocycles. The average Bonchev–Trinajstić information content (AvgIpc) is 3.17. The van der Waals surface area contributed by atoms with Crippen LogP contribution >= 0.6 is 11.6 Å².